The summed E-state index contributed by atoms with van der Waals surface area (Å²) < 4.78 is 9.73. The zero-order chi connectivity index (χ0) is 9.68. The lowest BCUT2D eigenvalue weighted by Gasteiger charge is -2.08. The molecule has 0 saturated carbocycles. The summed E-state index contributed by atoms with van der Waals surface area (Å²) in [6.45, 7) is 2.12. The molecule has 0 bridgehead atoms. The van der Waals surface area contributed by atoms with Crippen LogP contribution in [0.4, 0.5) is 0 Å². The van der Waals surface area contributed by atoms with Gasteiger partial charge in [0.25, 0.3) is 0 Å². The molecule has 4 nitrogen and oxygen atoms in total. The van der Waals surface area contributed by atoms with Gasteiger partial charge >= 0.3 is 5.97 Å². The van der Waals surface area contributed by atoms with Crippen LogP contribution in [-0.4, -0.2) is 30.4 Å². The van der Waals surface area contributed by atoms with E-state index in [2.05, 4.69) is 0 Å². The summed E-state index contributed by atoms with van der Waals surface area (Å²) in [7, 11) is 0. The molecule has 72 valence electrons. The minimum Gasteiger partial charge on any atom is -0.483 e. The van der Waals surface area contributed by atoms with Gasteiger partial charge in [0.15, 0.2) is 0 Å². The molecule has 13 heavy (non-hydrogen) atoms. The number of ether oxygens (including phenoxy) is 2. The number of carbonyl (C=O) groups is 1. The molecule has 0 aromatic carbocycles. The molecule has 1 unspecified atom stereocenters. The Balaban J connectivity index is 2.56. The second kappa shape index (κ2) is 4.67. The summed E-state index contributed by atoms with van der Waals surface area (Å²) in [4.78, 5) is 11.1. The molecule has 1 heterocycles. The monoisotopic (exact) mass is 184 g/mol. The van der Waals surface area contributed by atoms with Crippen molar-refractivity contribution in [3.05, 3.63) is 24.0 Å². The van der Waals surface area contributed by atoms with Crippen LogP contribution in [0.15, 0.2) is 24.0 Å². The van der Waals surface area contributed by atoms with Gasteiger partial charge in [-0.05, 0) is 13.0 Å². The predicted molar refractivity (Wildman–Crippen MR) is 45.8 cm³/mol. The SMILES string of the molecule is CCOC(=O)C1=CC=CC(O)CO1. The van der Waals surface area contributed by atoms with Crippen molar-refractivity contribution < 1.29 is 19.4 Å². The molecule has 4 heteroatoms. The molecule has 0 radical (unpaired) electrons. The maximum atomic E-state index is 11.1. The number of hydrogen-bond donors (Lipinski definition) is 1. The van der Waals surface area contributed by atoms with Gasteiger partial charge in [-0.3, -0.25) is 0 Å². The molecule has 1 N–H and O–H groups in total. The van der Waals surface area contributed by atoms with Crippen molar-refractivity contribution in [3.8, 4) is 0 Å². The first-order chi connectivity index (χ1) is 6.24. The number of hydrogen-bond acceptors (Lipinski definition) is 4. The minimum absolute atomic E-state index is 0.0845. The number of aliphatic hydroxyl groups is 1. The van der Waals surface area contributed by atoms with Crippen LogP contribution in [0.5, 0.6) is 0 Å². The van der Waals surface area contributed by atoms with Crippen LogP contribution < -0.4 is 0 Å². The number of allylic oxidation sites excluding steroid dienone is 2. The standard InChI is InChI=1S/C9H12O4/c1-2-12-9(11)8-5-3-4-7(10)6-13-8/h3-5,7,10H,2,6H2,1H3. The fourth-order valence-corrected chi connectivity index (χ4v) is 0.879. The lowest BCUT2D eigenvalue weighted by atomic mass is 10.3. The summed E-state index contributed by atoms with van der Waals surface area (Å²) in [5, 5.41) is 9.12. The molecule has 0 saturated heterocycles. The van der Waals surface area contributed by atoms with Crippen LogP contribution in [-0.2, 0) is 14.3 Å². The van der Waals surface area contributed by atoms with E-state index in [4.69, 9.17) is 14.6 Å². The van der Waals surface area contributed by atoms with Crippen LogP contribution in [0.3, 0.4) is 0 Å². The Bertz CT molecular complexity index is 242. The number of esters is 1. The molecule has 0 fully saturated rings. The topological polar surface area (TPSA) is 55.8 Å². The second-order valence-electron chi connectivity index (χ2n) is 2.51. The number of aliphatic hydroxyl groups excluding tert-OH is 1. The highest BCUT2D eigenvalue weighted by molar-refractivity contribution is 5.86. The van der Waals surface area contributed by atoms with E-state index in [1.165, 1.54) is 6.08 Å². The van der Waals surface area contributed by atoms with Gasteiger partial charge in [0.1, 0.15) is 12.7 Å². The highest BCUT2D eigenvalue weighted by atomic mass is 16.6. The maximum Gasteiger partial charge on any atom is 0.373 e. The van der Waals surface area contributed by atoms with Crippen molar-refractivity contribution in [1.29, 1.82) is 0 Å². The van der Waals surface area contributed by atoms with E-state index in [0.29, 0.717) is 6.61 Å². The van der Waals surface area contributed by atoms with Crippen molar-refractivity contribution in [2.75, 3.05) is 13.2 Å². The molecule has 0 aromatic heterocycles. The lowest BCUT2D eigenvalue weighted by molar-refractivity contribution is -0.142. The minimum atomic E-state index is -0.664. The molecular weight excluding hydrogens is 172 g/mol. The zero-order valence-corrected chi connectivity index (χ0v) is 7.40. The van der Waals surface area contributed by atoms with Crippen LogP contribution >= 0.6 is 0 Å². The molecule has 1 aliphatic heterocycles. The predicted octanol–water partition coefficient (Wildman–Crippen LogP) is 0.381. The van der Waals surface area contributed by atoms with E-state index in [9.17, 15) is 4.79 Å². The lowest BCUT2D eigenvalue weighted by Crippen LogP contribution is -2.15. The van der Waals surface area contributed by atoms with E-state index in [0.717, 1.165) is 0 Å². The van der Waals surface area contributed by atoms with E-state index in [1.807, 2.05) is 0 Å². The van der Waals surface area contributed by atoms with Crippen LogP contribution in [0.1, 0.15) is 6.92 Å². The average molecular weight is 184 g/mol. The Morgan fingerprint density at radius 2 is 2.62 bits per heavy atom. The van der Waals surface area contributed by atoms with E-state index in [1.54, 1.807) is 19.1 Å². The van der Waals surface area contributed by atoms with Gasteiger partial charge in [0, 0.05) is 0 Å². The first kappa shape index (κ1) is 9.80. The quantitative estimate of drug-likeness (QED) is 0.630. The van der Waals surface area contributed by atoms with Crippen molar-refractivity contribution >= 4 is 5.97 Å². The van der Waals surface area contributed by atoms with Crippen LogP contribution in [0.2, 0.25) is 0 Å². The third kappa shape index (κ3) is 2.91. The fourth-order valence-electron chi connectivity index (χ4n) is 0.879. The molecule has 1 aliphatic rings. The Kier molecular flexibility index (Phi) is 3.52. The van der Waals surface area contributed by atoms with E-state index < -0.39 is 12.1 Å². The Hall–Kier alpha value is -1.29. The van der Waals surface area contributed by atoms with Crippen LogP contribution in [0, 0.1) is 0 Å². The maximum absolute atomic E-state index is 11.1. The van der Waals surface area contributed by atoms with Gasteiger partial charge < -0.3 is 14.6 Å². The molecule has 1 rings (SSSR count). The highest BCUT2D eigenvalue weighted by Crippen LogP contribution is 2.06. The highest BCUT2D eigenvalue weighted by Gasteiger charge is 2.14. The number of rotatable bonds is 2. The van der Waals surface area contributed by atoms with Gasteiger partial charge in [-0.15, -0.1) is 0 Å². The summed E-state index contributed by atoms with van der Waals surface area (Å²) in [5.74, 6) is -0.365. The smallest absolute Gasteiger partial charge is 0.373 e. The van der Waals surface area contributed by atoms with Crippen molar-refractivity contribution in [2.24, 2.45) is 0 Å². The van der Waals surface area contributed by atoms with Gasteiger partial charge in [-0.2, -0.15) is 0 Å². The van der Waals surface area contributed by atoms with Crippen LogP contribution in [0.25, 0.3) is 0 Å². The largest absolute Gasteiger partial charge is 0.483 e. The normalized spacial score (nSPS) is 21.4. The van der Waals surface area contributed by atoms with Crippen molar-refractivity contribution in [3.63, 3.8) is 0 Å². The molecule has 0 aliphatic carbocycles. The van der Waals surface area contributed by atoms with Gasteiger partial charge in [-0.25, -0.2) is 4.79 Å². The third-order valence-corrected chi connectivity index (χ3v) is 1.47. The fraction of sp³-hybridized carbons (Fsp3) is 0.444. The summed E-state index contributed by atoms with van der Waals surface area (Å²) >= 11 is 0. The third-order valence-electron chi connectivity index (χ3n) is 1.47. The molecule has 0 spiro atoms. The van der Waals surface area contributed by atoms with Gasteiger partial charge in [0.05, 0.1) is 6.61 Å². The Morgan fingerprint density at radius 3 is 3.31 bits per heavy atom. The van der Waals surface area contributed by atoms with Crippen molar-refractivity contribution in [2.45, 2.75) is 13.0 Å². The second-order valence-corrected chi connectivity index (χ2v) is 2.51. The molecular formula is C9H12O4. The molecule has 0 aromatic rings. The Labute approximate surface area is 76.5 Å². The molecule has 1 atom stereocenters. The summed E-state index contributed by atoms with van der Waals surface area (Å²) in [6, 6.07) is 0. The van der Waals surface area contributed by atoms with E-state index in [-0.39, 0.29) is 12.4 Å². The first-order valence-electron chi connectivity index (χ1n) is 4.10. The first-order valence-corrected chi connectivity index (χ1v) is 4.10. The summed E-state index contributed by atoms with van der Waals surface area (Å²) in [5.41, 5.74) is 0. The Morgan fingerprint density at radius 1 is 1.85 bits per heavy atom. The van der Waals surface area contributed by atoms with Gasteiger partial charge in [0.2, 0.25) is 5.76 Å². The van der Waals surface area contributed by atoms with Gasteiger partial charge in [-0.1, -0.05) is 12.2 Å². The summed E-state index contributed by atoms with van der Waals surface area (Å²) in [6.07, 6.45) is 3.94. The zero-order valence-electron chi connectivity index (χ0n) is 7.40. The average Bonchev–Trinajstić information content (AvgIpc) is 2.30. The number of carbonyl (C=O) groups excluding carboxylic acids is 1. The van der Waals surface area contributed by atoms with E-state index >= 15 is 0 Å². The molecule has 0 amide bonds. The van der Waals surface area contributed by atoms with Crippen molar-refractivity contribution in [1.82, 2.24) is 0 Å².